The number of hydrogen-bond donors (Lipinski definition) is 1. The van der Waals surface area contributed by atoms with Crippen LogP contribution in [0.4, 0.5) is 0 Å². The molecule has 0 saturated carbocycles. The fourth-order valence-corrected chi connectivity index (χ4v) is 1.97. The first-order valence-electron chi connectivity index (χ1n) is 7.82. The Balaban J connectivity index is 2.30. The molecule has 0 bridgehead atoms. The summed E-state index contributed by atoms with van der Waals surface area (Å²) in [5.41, 5.74) is 8.76. The second-order valence-corrected chi connectivity index (χ2v) is 7.02. The Morgan fingerprint density at radius 1 is 0.952 bits per heavy atom. The van der Waals surface area contributed by atoms with Gasteiger partial charge in [0.1, 0.15) is 0 Å². The van der Waals surface area contributed by atoms with E-state index in [2.05, 4.69) is 58.9 Å². The van der Waals surface area contributed by atoms with Gasteiger partial charge in [0.05, 0.1) is 25.9 Å². The summed E-state index contributed by atoms with van der Waals surface area (Å²) in [4.78, 5) is 0. The summed E-state index contributed by atoms with van der Waals surface area (Å²) in [6.45, 7) is 13.4. The number of rotatable bonds is 8. The fraction of sp³-hybridized carbons (Fsp3) is 0.667. The van der Waals surface area contributed by atoms with Crippen molar-refractivity contribution in [2.75, 3.05) is 26.4 Å². The van der Waals surface area contributed by atoms with E-state index in [4.69, 9.17) is 15.2 Å². The number of hydrogen-bond acceptors (Lipinski definition) is 3. The molecule has 3 heteroatoms. The average Bonchev–Trinajstić information content (AvgIpc) is 2.41. The highest BCUT2D eigenvalue weighted by Gasteiger charge is 2.14. The summed E-state index contributed by atoms with van der Waals surface area (Å²) in [5, 5.41) is 0. The topological polar surface area (TPSA) is 44.5 Å². The zero-order valence-corrected chi connectivity index (χ0v) is 14.2. The molecule has 0 aromatic heterocycles. The van der Waals surface area contributed by atoms with Gasteiger partial charge in [0, 0.05) is 6.61 Å². The van der Waals surface area contributed by atoms with E-state index in [1.807, 2.05) is 0 Å². The normalized spacial score (nSPS) is 13.7. The van der Waals surface area contributed by atoms with Crippen LogP contribution < -0.4 is 5.73 Å². The molecule has 1 rings (SSSR count). The van der Waals surface area contributed by atoms with Crippen molar-refractivity contribution < 1.29 is 9.47 Å². The van der Waals surface area contributed by atoms with Crippen molar-refractivity contribution in [1.29, 1.82) is 0 Å². The Labute approximate surface area is 129 Å². The van der Waals surface area contributed by atoms with E-state index in [1.54, 1.807) is 0 Å². The predicted molar refractivity (Wildman–Crippen MR) is 88.5 cm³/mol. The van der Waals surface area contributed by atoms with E-state index < -0.39 is 0 Å². The first-order chi connectivity index (χ1) is 9.80. The van der Waals surface area contributed by atoms with Crippen LogP contribution in [0.15, 0.2) is 24.3 Å². The first kappa shape index (κ1) is 18.1. The van der Waals surface area contributed by atoms with Crippen molar-refractivity contribution in [1.82, 2.24) is 0 Å². The van der Waals surface area contributed by atoms with E-state index in [-0.39, 0.29) is 11.5 Å². The lowest BCUT2D eigenvalue weighted by molar-refractivity contribution is 0.0333. The molecule has 0 amide bonds. The largest absolute Gasteiger partial charge is 0.379 e. The van der Waals surface area contributed by atoms with Gasteiger partial charge in [-0.15, -0.1) is 0 Å². The second-order valence-electron chi connectivity index (χ2n) is 7.02. The summed E-state index contributed by atoms with van der Waals surface area (Å²) >= 11 is 0. The van der Waals surface area contributed by atoms with Crippen molar-refractivity contribution in [3.8, 4) is 0 Å². The SMILES string of the molecule is CC(C)COCCOCC(N)c1ccc(C(C)(C)C)cc1. The molecule has 1 unspecified atom stereocenters. The Hall–Kier alpha value is -0.900. The molecule has 0 radical (unpaired) electrons. The fourth-order valence-electron chi connectivity index (χ4n) is 1.97. The highest BCUT2D eigenvalue weighted by Crippen LogP contribution is 2.23. The molecule has 0 saturated heterocycles. The number of nitrogens with two attached hydrogens (primary N) is 1. The molecular weight excluding hydrogens is 262 g/mol. The van der Waals surface area contributed by atoms with Gasteiger partial charge in [-0.25, -0.2) is 0 Å². The summed E-state index contributed by atoms with van der Waals surface area (Å²) in [6, 6.07) is 8.43. The maximum Gasteiger partial charge on any atom is 0.0701 e. The van der Waals surface area contributed by atoms with Crippen LogP contribution in [-0.2, 0) is 14.9 Å². The molecule has 1 atom stereocenters. The van der Waals surface area contributed by atoms with E-state index in [0.29, 0.717) is 25.7 Å². The van der Waals surface area contributed by atoms with Crippen molar-refractivity contribution in [3.05, 3.63) is 35.4 Å². The van der Waals surface area contributed by atoms with E-state index >= 15 is 0 Å². The third kappa shape index (κ3) is 7.07. The van der Waals surface area contributed by atoms with Gasteiger partial charge < -0.3 is 15.2 Å². The van der Waals surface area contributed by atoms with E-state index in [0.717, 1.165) is 12.2 Å². The van der Waals surface area contributed by atoms with Gasteiger partial charge in [-0.05, 0) is 22.5 Å². The minimum Gasteiger partial charge on any atom is -0.379 e. The van der Waals surface area contributed by atoms with Crippen molar-refractivity contribution in [2.24, 2.45) is 11.7 Å². The Bertz CT molecular complexity index is 393. The van der Waals surface area contributed by atoms with E-state index in [9.17, 15) is 0 Å². The predicted octanol–water partition coefficient (Wildman–Crippen LogP) is 3.67. The van der Waals surface area contributed by atoms with Gasteiger partial charge in [0.2, 0.25) is 0 Å². The lowest BCUT2D eigenvalue weighted by Gasteiger charge is -2.20. The van der Waals surface area contributed by atoms with Crippen molar-refractivity contribution >= 4 is 0 Å². The molecule has 0 spiro atoms. The number of ether oxygens (including phenoxy) is 2. The Morgan fingerprint density at radius 3 is 1.95 bits per heavy atom. The van der Waals surface area contributed by atoms with Crippen LogP contribution in [0.2, 0.25) is 0 Å². The minimum atomic E-state index is -0.0795. The van der Waals surface area contributed by atoms with Gasteiger partial charge in [-0.3, -0.25) is 0 Å². The van der Waals surface area contributed by atoms with E-state index in [1.165, 1.54) is 5.56 Å². The zero-order valence-electron chi connectivity index (χ0n) is 14.2. The van der Waals surface area contributed by atoms with Crippen molar-refractivity contribution in [2.45, 2.75) is 46.1 Å². The standard InChI is InChI=1S/C18H31NO2/c1-14(2)12-20-10-11-21-13-17(19)15-6-8-16(9-7-15)18(3,4)5/h6-9,14,17H,10-13,19H2,1-5H3. The third-order valence-corrected chi connectivity index (χ3v) is 3.33. The molecular formula is C18H31NO2. The quantitative estimate of drug-likeness (QED) is 0.744. The molecule has 2 N–H and O–H groups in total. The van der Waals surface area contributed by atoms with Gasteiger partial charge in [0.25, 0.3) is 0 Å². The Morgan fingerprint density at radius 2 is 1.48 bits per heavy atom. The molecule has 0 aliphatic carbocycles. The van der Waals surface area contributed by atoms with Crippen LogP contribution in [0.3, 0.4) is 0 Å². The van der Waals surface area contributed by atoms with Gasteiger partial charge in [-0.1, -0.05) is 58.9 Å². The lowest BCUT2D eigenvalue weighted by Crippen LogP contribution is -2.19. The van der Waals surface area contributed by atoms with Gasteiger partial charge >= 0.3 is 0 Å². The number of benzene rings is 1. The maximum atomic E-state index is 6.15. The highest BCUT2D eigenvalue weighted by atomic mass is 16.5. The van der Waals surface area contributed by atoms with Crippen LogP contribution in [-0.4, -0.2) is 26.4 Å². The average molecular weight is 293 g/mol. The molecule has 21 heavy (non-hydrogen) atoms. The molecule has 1 aromatic rings. The first-order valence-corrected chi connectivity index (χ1v) is 7.82. The second kappa shape index (κ2) is 8.52. The molecule has 3 nitrogen and oxygen atoms in total. The minimum absolute atomic E-state index is 0.0795. The summed E-state index contributed by atoms with van der Waals surface area (Å²) < 4.78 is 11.0. The van der Waals surface area contributed by atoms with Crippen molar-refractivity contribution in [3.63, 3.8) is 0 Å². The molecule has 0 heterocycles. The molecule has 0 aliphatic heterocycles. The van der Waals surface area contributed by atoms with Crippen LogP contribution in [0.25, 0.3) is 0 Å². The lowest BCUT2D eigenvalue weighted by atomic mass is 9.86. The molecule has 0 fully saturated rings. The molecule has 0 aliphatic rings. The monoisotopic (exact) mass is 293 g/mol. The Kier molecular flexibility index (Phi) is 7.36. The maximum absolute atomic E-state index is 6.15. The summed E-state index contributed by atoms with van der Waals surface area (Å²) in [5.74, 6) is 0.564. The van der Waals surface area contributed by atoms with Gasteiger partial charge in [-0.2, -0.15) is 0 Å². The van der Waals surface area contributed by atoms with Crippen LogP contribution in [0.5, 0.6) is 0 Å². The molecule has 1 aromatic carbocycles. The smallest absolute Gasteiger partial charge is 0.0701 e. The third-order valence-electron chi connectivity index (χ3n) is 3.33. The zero-order chi connectivity index (χ0) is 15.9. The summed E-state index contributed by atoms with van der Waals surface area (Å²) in [6.07, 6.45) is 0. The van der Waals surface area contributed by atoms with Crippen LogP contribution >= 0.6 is 0 Å². The highest BCUT2D eigenvalue weighted by molar-refractivity contribution is 5.29. The van der Waals surface area contributed by atoms with Gasteiger partial charge in [0.15, 0.2) is 0 Å². The summed E-state index contributed by atoms with van der Waals surface area (Å²) in [7, 11) is 0. The molecule has 120 valence electrons. The van der Waals surface area contributed by atoms with Crippen LogP contribution in [0, 0.1) is 5.92 Å². The van der Waals surface area contributed by atoms with Crippen LogP contribution in [0.1, 0.15) is 51.8 Å².